The van der Waals surface area contributed by atoms with Crippen LogP contribution in [0.15, 0.2) is 6.20 Å². The van der Waals surface area contributed by atoms with Crippen molar-refractivity contribution in [3.05, 3.63) is 12.0 Å². The molecule has 0 aliphatic heterocycles. The molecule has 0 fully saturated rings. The Morgan fingerprint density at radius 1 is 1.33 bits per heavy atom. The maximum atomic E-state index is 13.7. The predicted molar refractivity (Wildman–Crippen MR) is 70.4 cm³/mol. The Labute approximate surface area is 107 Å². The van der Waals surface area contributed by atoms with Crippen LogP contribution in [0.4, 0.5) is 16.2 Å². The maximum absolute atomic E-state index is 13.7. The molecule has 0 aliphatic carbocycles. The van der Waals surface area contributed by atoms with Crippen LogP contribution < -0.4 is 10.2 Å². The van der Waals surface area contributed by atoms with Gasteiger partial charge >= 0.3 is 0 Å². The van der Waals surface area contributed by atoms with E-state index in [2.05, 4.69) is 15.3 Å². The van der Waals surface area contributed by atoms with Crippen molar-refractivity contribution in [3.63, 3.8) is 0 Å². The van der Waals surface area contributed by atoms with Crippen molar-refractivity contribution in [2.45, 2.75) is 26.7 Å². The van der Waals surface area contributed by atoms with Gasteiger partial charge in [-0.15, -0.1) is 0 Å². The molecule has 0 aliphatic rings. The van der Waals surface area contributed by atoms with E-state index in [1.807, 2.05) is 13.8 Å². The number of hydrogen-bond donors (Lipinski definition) is 2. The summed E-state index contributed by atoms with van der Waals surface area (Å²) in [6.45, 7) is 5.78. The van der Waals surface area contributed by atoms with Crippen LogP contribution in [0.5, 0.6) is 0 Å². The lowest BCUT2D eigenvalue weighted by Gasteiger charge is -2.22. The average Bonchev–Trinajstić information content (AvgIpc) is 2.37. The zero-order valence-corrected chi connectivity index (χ0v) is 11.0. The molecule has 102 valence electrons. The molecule has 0 aromatic carbocycles. The van der Waals surface area contributed by atoms with Crippen molar-refractivity contribution in [2.75, 3.05) is 36.5 Å². The van der Waals surface area contributed by atoms with Crippen LogP contribution in [0.3, 0.4) is 0 Å². The second-order valence-electron chi connectivity index (χ2n) is 4.00. The Morgan fingerprint density at radius 2 is 2.11 bits per heavy atom. The van der Waals surface area contributed by atoms with E-state index >= 15 is 0 Å². The molecule has 2 N–H and O–H groups in total. The molecule has 5 nitrogen and oxygen atoms in total. The number of nitrogens with one attached hydrogen (secondary N) is 1. The third kappa shape index (κ3) is 4.10. The van der Waals surface area contributed by atoms with E-state index in [0.717, 1.165) is 19.4 Å². The maximum Gasteiger partial charge on any atom is 0.224 e. The van der Waals surface area contributed by atoms with Crippen molar-refractivity contribution < 1.29 is 9.50 Å². The fraction of sp³-hybridized carbons (Fsp3) is 0.667. The first-order valence-corrected chi connectivity index (χ1v) is 6.35. The number of halogens is 1. The third-order valence-electron chi connectivity index (χ3n) is 2.42. The van der Waals surface area contributed by atoms with Crippen LogP contribution in [0.2, 0.25) is 0 Å². The predicted octanol–water partition coefficient (Wildman–Crippen LogP) is 1.65. The average molecular weight is 256 g/mol. The molecule has 0 saturated carbocycles. The van der Waals surface area contributed by atoms with Gasteiger partial charge in [0.25, 0.3) is 0 Å². The summed E-state index contributed by atoms with van der Waals surface area (Å²) in [5.41, 5.74) is 0. The molecular formula is C12H21FN4O. The molecule has 0 radical (unpaired) electrons. The highest BCUT2D eigenvalue weighted by atomic mass is 19.1. The molecule has 6 heteroatoms. The minimum Gasteiger partial charge on any atom is -0.395 e. The van der Waals surface area contributed by atoms with Crippen molar-refractivity contribution in [1.29, 1.82) is 0 Å². The van der Waals surface area contributed by atoms with Crippen LogP contribution in [-0.4, -0.2) is 41.3 Å². The smallest absolute Gasteiger partial charge is 0.224 e. The van der Waals surface area contributed by atoms with Gasteiger partial charge in [-0.2, -0.15) is 4.98 Å². The van der Waals surface area contributed by atoms with Crippen molar-refractivity contribution in [3.8, 4) is 0 Å². The lowest BCUT2D eigenvalue weighted by atomic mass is 10.3. The zero-order valence-electron chi connectivity index (χ0n) is 11.0. The van der Waals surface area contributed by atoms with Crippen LogP contribution >= 0.6 is 0 Å². The molecule has 1 aromatic rings. The van der Waals surface area contributed by atoms with Gasteiger partial charge in [-0.05, 0) is 12.8 Å². The fourth-order valence-electron chi connectivity index (χ4n) is 1.62. The third-order valence-corrected chi connectivity index (χ3v) is 2.42. The molecule has 1 rings (SSSR count). The van der Waals surface area contributed by atoms with Crippen LogP contribution in [0.25, 0.3) is 0 Å². The van der Waals surface area contributed by atoms with E-state index in [4.69, 9.17) is 5.11 Å². The summed E-state index contributed by atoms with van der Waals surface area (Å²) in [5.74, 6) is 0.214. The first-order valence-electron chi connectivity index (χ1n) is 6.35. The number of rotatable bonds is 8. The van der Waals surface area contributed by atoms with E-state index in [1.165, 1.54) is 6.20 Å². The highest BCUT2D eigenvalue weighted by Crippen LogP contribution is 2.17. The number of aliphatic hydroxyl groups is 1. The molecular weight excluding hydrogens is 235 g/mol. The van der Waals surface area contributed by atoms with E-state index in [9.17, 15) is 4.39 Å². The molecule has 0 bridgehead atoms. The summed E-state index contributed by atoms with van der Waals surface area (Å²) >= 11 is 0. The Hall–Kier alpha value is -1.43. The van der Waals surface area contributed by atoms with Gasteiger partial charge in [-0.3, -0.25) is 0 Å². The highest BCUT2D eigenvalue weighted by molar-refractivity contribution is 5.43. The lowest BCUT2D eigenvalue weighted by molar-refractivity contribution is 0.301. The fourth-order valence-corrected chi connectivity index (χ4v) is 1.62. The van der Waals surface area contributed by atoms with E-state index in [-0.39, 0.29) is 12.4 Å². The van der Waals surface area contributed by atoms with Crippen LogP contribution in [-0.2, 0) is 0 Å². The number of aliphatic hydroxyl groups excluding tert-OH is 1. The Morgan fingerprint density at radius 3 is 2.72 bits per heavy atom. The van der Waals surface area contributed by atoms with Gasteiger partial charge in [0.15, 0.2) is 11.6 Å². The standard InChI is InChI=1S/C12H21FN4O/c1-3-5-14-12-15-9-10(13)11(16-12)17(6-4-2)7-8-18/h9,18H,3-8H2,1-2H3,(H,14,15,16). The number of nitrogens with zero attached hydrogens (tertiary/aromatic N) is 3. The van der Waals surface area contributed by atoms with Crippen molar-refractivity contribution >= 4 is 11.8 Å². The number of anilines is 2. The lowest BCUT2D eigenvalue weighted by Crippen LogP contribution is -2.29. The Balaban J connectivity index is 2.88. The first kappa shape index (κ1) is 14.6. The van der Waals surface area contributed by atoms with E-state index in [1.54, 1.807) is 4.90 Å². The SMILES string of the molecule is CCCNc1ncc(F)c(N(CCC)CCO)n1. The topological polar surface area (TPSA) is 61.3 Å². The van der Waals surface area contributed by atoms with Crippen molar-refractivity contribution in [1.82, 2.24) is 9.97 Å². The molecule has 0 unspecified atom stereocenters. The molecule has 0 amide bonds. The second-order valence-corrected chi connectivity index (χ2v) is 4.00. The number of hydrogen-bond acceptors (Lipinski definition) is 5. The zero-order chi connectivity index (χ0) is 13.4. The largest absolute Gasteiger partial charge is 0.395 e. The molecule has 0 saturated heterocycles. The van der Waals surface area contributed by atoms with E-state index < -0.39 is 5.82 Å². The molecule has 18 heavy (non-hydrogen) atoms. The highest BCUT2D eigenvalue weighted by Gasteiger charge is 2.13. The van der Waals surface area contributed by atoms with Crippen molar-refractivity contribution in [2.24, 2.45) is 0 Å². The minimum atomic E-state index is -0.459. The second kappa shape index (κ2) is 7.81. The quantitative estimate of drug-likeness (QED) is 0.740. The normalized spacial score (nSPS) is 10.4. The van der Waals surface area contributed by atoms with Gasteiger partial charge in [0.1, 0.15) is 0 Å². The van der Waals surface area contributed by atoms with Crippen LogP contribution in [0, 0.1) is 5.82 Å². The molecule has 0 spiro atoms. The number of aromatic nitrogens is 2. The van der Waals surface area contributed by atoms with E-state index in [0.29, 0.717) is 19.0 Å². The van der Waals surface area contributed by atoms with Gasteiger partial charge in [0, 0.05) is 19.6 Å². The molecule has 1 aromatic heterocycles. The summed E-state index contributed by atoms with van der Waals surface area (Å²) in [6, 6.07) is 0. The monoisotopic (exact) mass is 256 g/mol. The molecule has 0 atom stereocenters. The van der Waals surface area contributed by atoms with Gasteiger partial charge in [-0.1, -0.05) is 13.8 Å². The summed E-state index contributed by atoms with van der Waals surface area (Å²) in [5, 5.41) is 12.0. The van der Waals surface area contributed by atoms with Crippen LogP contribution in [0.1, 0.15) is 26.7 Å². The van der Waals surface area contributed by atoms with Gasteiger partial charge in [0.2, 0.25) is 5.95 Å². The van der Waals surface area contributed by atoms with Gasteiger partial charge < -0.3 is 15.3 Å². The summed E-state index contributed by atoms with van der Waals surface area (Å²) in [7, 11) is 0. The summed E-state index contributed by atoms with van der Waals surface area (Å²) < 4.78 is 13.7. The Bertz CT molecular complexity index is 356. The summed E-state index contributed by atoms with van der Waals surface area (Å²) in [6.07, 6.45) is 2.98. The van der Waals surface area contributed by atoms with Gasteiger partial charge in [-0.25, -0.2) is 9.37 Å². The van der Waals surface area contributed by atoms with Gasteiger partial charge in [0.05, 0.1) is 12.8 Å². The first-order chi connectivity index (χ1) is 8.72. The minimum absolute atomic E-state index is 0.0266. The Kier molecular flexibility index (Phi) is 6.35. The molecule has 1 heterocycles. The summed E-state index contributed by atoms with van der Waals surface area (Å²) in [4.78, 5) is 9.79.